The molecular formula is C12H14ClFN2O. The second-order valence-corrected chi connectivity index (χ2v) is 4.58. The summed E-state index contributed by atoms with van der Waals surface area (Å²) in [6, 6.07) is 4.96. The molecule has 1 amide bonds. The van der Waals surface area contributed by atoms with E-state index in [9.17, 15) is 9.18 Å². The summed E-state index contributed by atoms with van der Waals surface area (Å²) in [5, 5.41) is 6.25. The van der Waals surface area contributed by atoms with Gasteiger partial charge in [0.2, 0.25) is 5.91 Å². The van der Waals surface area contributed by atoms with Gasteiger partial charge in [-0.25, -0.2) is 4.39 Å². The largest absolute Gasteiger partial charge is 0.355 e. The van der Waals surface area contributed by atoms with E-state index in [1.807, 2.05) is 0 Å². The van der Waals surface area contributed by atoms with Crippen molar-refractivity contribution in [2.75, 3.05) is 6.54 Å². The molecule has 0 aliphatic carbocycles. The molecule has 1 unspecified atom stereocenters. The fraction of sp³-hybridized carbons (Fsp3) is 0.417. The molecule has 5 heteroatoms. The lowest BCUT2D eigenvalue weighted by atomic mass is 10.1. The van der Waals surface area contributed by atoms with Gasteiger partial charge in [-0.15, -0.1) is 0 Å². The Morgan fingerprint density at radius 1 is 1.53 bits per heavy atom. The zero-order valence-electron chi connectivity index (χ0n) is 9.30. The molecule has 92 valence electrons. The fourth-order valence-electron chi connectivity index (χ4n) is 1.82. The minimum absolute atomic E-state index is 0.105. The third kappa shape index (κ3) is 3.41. The molecule has 0 radical (unpaired) electrons. The van der Waals surface area contributed by atoms with E-state index in [-0.39, 0.29) is 17.0 Å². The SMILES string of the molecule is O=C1CCC(NCc2ccc(F)c(Cl)c2)CN1. The maximum atomic E-state index is 12.9. The van der Waals surface area contributed by atoms with Gasteiger partial charge >= 0.3 is 0 Å². The maximum absolute atomic E-state index is 12.9. The van der Waals surface area contributed by atoms with Crippen molar-refractivity contribution >= 4 is 17.5 Å². The van der Waals surface area contributed by atoms with Crippen LogP contribution in [0.1, 0.15) is 18.4 Å². The molecule has 1 fully saturated rings. The van der Waals surface area contributed by atoms with Crippen molar-refractivity contribution in [3.8, 4) is 0 Å². The molecule has 1 saturated heterocycles. The first-order valence-corrected chi connectivity index (χ1v) is 5.97. The van der Waals surface area contributed by atoms with E-state index >= 15 is 0 Å². The summed E-state index contributed by atoms with van der Waals surface area (Å²) < 4.78 is 12.9. The summed E-state index contributed by atoms with van der Waals surface area (Å²) in [6.45, 7) is 1.27. The highest BCUT2D eigenvalue weighted by atomic mass is 35.5. The molecule has 1 atom stereocenters. The van der Waals surface area contributed by atoms with Crippen molar-refractivity contribution in [2.24, 2.45) is 0 Å². The molecule has 1 aliphatic heterocycles. The first-order chi connectivity index (χ1) is 8.15. The molecule has 1 aromatic rings. The highest BCUT2D eigenvalue weighted by Gasteiger charge is 2.17. The molecule has 1 heterocycles. The van der Waals surface area contributed by atoms with E-state index in [0.717, 1.165) is 12.0 Å². The van der Waals surface area contributed by atoms with E-state index in [1.54, 1.807) is 12.1 Å². The van der Waals surface area contributed by atoms with Gasteiger partial charge in [0.05, 0.1) is 5.02 Å². The van der Waals surface area contributed by atoms with Crippen LogP contribution < -0.4 is 10.6 Å². The lowest BCUT2D eigenvalue weighted by Gasteiger charge is -2.23. The van der Waals surface area contributed by atoms with Crippen LogP contribution >= 0.6 is 11.6 Å². The highest BCUT2D eigenvalue weighted by Crippen LogP contribution is 2.16. The predicted molar refractivity (Wildman–Crippen MR) is 64.3 cm³/mol. The average Bonchev–Trinajstić information content (AvgIpc) is 2.33. The number of halogens is 2. The van der Waals surface area contributed by atoms with Crippen LogP contribution in [0.25, 0.3) is 0 Å². The zero-order chi connectivity index (χ0) is 12.3. The minimum atomic E-state index is -0.402. The van der Waals surface area contributed by atoms with Crippen LogP contribution in [0.3, 0.4) is 0 Å². The van der Waals surface area contributed by atoms with Crippen molar-refractivity contribution in [1.29, 1.82) is 0 Å². The van der Waals surface area contributed by atoms with Crippen LogP contribution in [0.5, 0.6) is 0 Å². The highest BCUT2D eigenvalue weighted by molar-refractivity contribution is 6.30. The number of carbonyl (C=O) groups is 1. The summed E-state index contributed by atoms with van der Waals surface area (Å²) in [4.78, 5) is 11.0. The zero-order valence-corrected chi connectivity index (χ0v) is 10.1. The van der Waals surface area contributed by atoms with Crippen LogP contribution in [-0.4, -0.2) is 18.5 Å². The molecule has 0 aromatic heterocycles. The van der Waals surface area contributed by atoms with Crippen LogP contribution in [-0.2, 0) is 11.3 Å². The number of rotatable bonds is 3. The molecule has 2 rings (SSSR count). The number of carbonyl (C=O) groups excluding carboxylic acids is 1. The first-order valence-electron chi connectivity index (χ1n) is 5.59. The molecule has 0 spiro atoms. The van der Waals surface area contributed by atoms with Crippen molar-refractivity contribution in [2.45, 2.75) is 25.4 Å². The molecule has 0 bridgehead atoms. The van der Waals surface area contributed by atoms with E-state index in [1.165, 1.54) is 6.07 Å². The van der Waals surface area contributed by atoms with Gasteiger partial charge < -0.3 is 10.6 Å². The third-order valence-corrected chi connectivity index (χ3v) is 3.13. The first kappa shape index (κ1) is 12.3. The number of hydrogen-bond acceptors (Lipinski definition) is 2. The van der Waals surface area contributed by atoms with Gasteiger partial charge in [0.1, 0.15) is 5.82 Å². The Morgan fingerprint density at radius 3 is 3.00 bits per heavy atom. The van der Waals surface area contributed by atoms with E-state index in [2.05, 4.69) is 10.6 Å². The topological polar surface area (TPSA) is 41.1 Å². The predicted octanol–water partition coefficient (Wildman–Crippen LogP) is 1.85. The Morgan fingerprint density at radius 2 is 2.35 bits per heavy atom. The van der Waals surface area contributed by atoms with Crippen molar-refractivity contribution in [3.05, 3.63) is 34.6 Å². The molecule has 17 heavy (non-hydrogen) atoms. The lowest BCUT2D eigenvalue weighted by Crippen LogP contribution is -2.45. The summed E-state index contributed by atoms with van der Waals surface area (Å²) in [5.41, 5.74) is 0.938. The summed E-state index contributed by atoms with van der Waals surface area (Å²) in [5.74, 6) is -0.298. The molecular weight excluding hydrogens is 243 g/mol. The summed E-state index contributed by atoms with van der Waals surface area (Å²) in [7, 11) is 0. The number of piperidine rings is 1. The van der Waals surface area contributed by atoms with E-state index in [0.29, 0.717) is 19.5 Å². The van der Waals surface area contributed by atoms with E-state index in [4.69, 9.17) is 11.6 Å². The lowest BCUT2D eigenvalue weighted by molar-refractivity contribution is -0.122. The average molecular weight is 257 g/mol. The van der Waals surface area contributed by atoms with Gasteiger partial charge in [-0.05, 0) is 24.1 Å². The van der Waals surface area contributed by atoms with Gasteiger partial charge in [-0.3, -0.25) is 4.79 Å². The van der Waals surface area contributed by atoms with E-state index < -0.39 is 5.82 Å². The van der Waals surface area contributed by atoms with Crippen molar-refractivity contribution in [3.63, 3.8) is 0 Å². The van der Waals surface area contributed by atoms with Gasteiger partial charge in [0, 0.05) is 25.6 Å². The Hall–Kier alpha value is -1.13. The quantitative estimate of drug-likeness (QED) is 0.867. The standard InChI is InChI=1S/C12H14ClFN2O/c13-10-5-8(1-3-11(10)14)6-15-9-2-4-12(17)16-7-9/h1,3,5,9,15H,2,4,6-7H2,(H,16,17). The number of amides is 1. The maximum Gasteiger partial charge on any atom is 0.220 e. The van der Waals surface area contributed by atoms with Crippen LogP contribution in [0.15, 0.2) is 18.2 Å². The molecule has 0 saturated carbocycles. The molecule has 2 N–H and O–H groups in total. The third-order valence-electron chi connectivity index (χ3n) is 2.84. The second-order valence-electron chi connectivity index (χ2n) is 4.17. The van der Waals surface area contributed by atoms with Gasteiger partial charge in [-0.1, -0.05) is 17.7 Å². The summed E-state index contributed by atoms with van der Waals surface area (Å²) in [6.07, 6.45) is 1.39. The number of benzene rings is 1. The monoisotopic (exact) mass is 256 g/mol. The minimum Gasteiger partial charge on any atom is -0.355 e. The smallest absolute Gasteiger partial charge is 0.220 e. The van der Waals surface area contributed by atoms with Crippen molar-refractivity contribution in [1.82, 2.24) is 10.6 Å². The number of nitrogens with one attached hydrogen (secondary N) is 2. The number of hydrogen-bond donors (Lipinski definition) is 2. The molecule has 3 nitrogen and oxygen atoms in total. The normalized spacial score (nSPS) is 20.1. The van der Waals surface area contributed by atoms with Gasteiger partial charge in [0.15, 0.2) is 0 Å². The Kier molecular flexibility index (Phi) is 3.97. The van der Waals surface area contributed by atoms with Crippen LogP contribution in [0.2, 0.25) is 5.02 Å². The van der Waals surface area contributed by atoms with Crippen molar-refractivity contribution < 1.29 is 9.18 Å². The summed E-state index contributed by atoms with van der Waals surface area (Å²) >= 11 is 5.69. The Labute approximate surface area is 104 Å². The molecule has 1 aromatic carbocycles. The van der Waals surface area contributed by atoms with Gasteiger partial charge in [0.25, 0.3) is 0 Å². The van der Waals surface area contributed by atoms with Crippen LogP contribution in [0.4, 0.5) is 4.39 Å². The van der Waals surface area contributed by atoms with Gasteiger partial charge in [-0.2, -0.15) is 0 Å². The molecule has 1 aliphatic rings. The second kappa shape index (κ2) is 5.47. The Bertz CT molecular complexity index is 415. The fourth-order valence-corrected chi connectivity index (χ4v) is 2.02. The van der Waals surface area contributed by atoms with Crippen LogP contribution in [0, 0.1) is 5.82 Å². The Balaban J connectivity index is 1.85.